The molecule has 0 radical (unpaired) electrons. The van der Waals surface area contributed by atoms with Gasteiger partial charge in [0.05, 0.1) is 4.90 Å². The first-order chi connectivity index (χ1) is 8.88. The minimum Gasteiger partial charge on any atom is -0.326 e. The molecule has 4 nitrogen and oxygen atoms in total. The zero-order valence-corrected chi connectivity index (χ0v) is 13.2. The summed E-state index contributed by atoms with van der Waals surface area (Å²) in [5, 5.41) is 0.400. The summed E-state index contributed by atoms with van der Waals surface area (Å²) in [7, 11) is -3.51. The summed E-state index contributed by atoms with van der Waals surface area (Å²) in [6.45, 7) is 6.77. The van der Waals surface area contributed by atoms with Crippen LogP contribution in [0, 0.1) is 6.92 Å². The second-order valence-corrected chi connectivity index (χ2v) is 6.73. The van der Waals surface area contributed by atoms with Crippen LogP contribution in [-0.4, -0.2) is 25.8 Å². The Hall–Kier alpha value is -0.620. The molecule has 1 aromatic rings. The Morgan fingerprint density at radius 3 is 2.42 bits per heavy atom. The molecule has 0 fully saturated rings. The van der Waals surface area contributed by atoms with Crippen molar-refractivity contribution in [3.05, 3.63) is 28.3 Å². The number of sulfonamides is 1. The number of rotatable bonds is 6. The molecule has 0 amide bonds. The minimum absolute atomic E-state index is 0.260. The topological polar surface area (TPSA) is 63.4 Å². The first-order valence-electron chi connectivity index (χ1n) is 6.37. The highest BCUT2D eigenvalue weighted by molar-refractivity contribution is 7.89. The fourth-order valence-corrected chi connectivity index (χ4v) is 4.17. The largest absolute Gasteiger partial charge is 0.326 e. The molecule has 0 heterocycles. The molecule has 0 saturated carbocycles. The van der Waals surface area contributed by atoms with Gasteiger partial charge >= 0.3 is 0 Å². The van der Waals surface area contributed by atoms with Crippen molar-refractivity contribution in [2.24, 2.45) is 5.73 Å². The lowest BCUT2D eigenvalue weighted by atomic mass is 10.1. The van der Waals surface area contributed by atoms with Gasteiger partial charge in [-0.1, -0.05) is 25.4 Å². The van der Waals surface area contributed by atoms with Gasteiger partial charge in [-0.2, -0.15) is 4.31 Å². The van der Waals surface area contributed by atoms with Crippen LogP contribution in [-0.2, 0) is 16.6 Å². The highest BCUT2D eigenvalue weighted by atomic mass is 35.5. The number of benzene rings is 1. The molecule has 0 bridgehead atoms. The van der Waals surface area contributed by atoms with Gasteiger partial charge in [0.25, 0.3) is 0 Å². The summed E-state index contributed by atoms with van der Waals surface area (Å²) in [6.07, 6.45) is 0.774. The van der Waals surface area contributed by atoms with Gasteiger partial charge in [-0.15, -0.1) is 0 Å². The number of halogens is 1. The third-order valence-corrected chi connectivity index (χ3v) is 5.41. The first kappa shape index (κ1) is 16.4. The van der Waals surface area contributed by atoms with Gasteiger partial charge in [-0.05, 0) is 36.6 Å². The maximum atomic E-state index is 12.6. The van der Waals surface area contributed by atoms with Crippen molar-refractivity contribution >= 4 is 21.6 Å². The van der Waals surface area contributed by atoms with E-state index < -0.39 is 10.0 Å². The van der Waals surface area contributed by atoms with Crippen molar-refractivity contribution in [1.82, 2.24) is 4.31 Å². The molecule has 6 heteroatoms. The SMILES string of the molecule is CCCN(CC)S(=O)(=O)c1cc(Cl)cc(CN)c1C. The Bertz CT molecular complexity index is 544. The van der Waals surface area contributed by atoms with E-state index in [2.05, 4.69) is 0 Å². The van der Waals surface area contributed by atoms with Gasteiger partial charge in [0, 0.05) is 24.7 Å². The summed E-state index contributed by atoms with van der Waals surface area (Å²) in [5.41, 5.74) is 7.08. The van der Waals surface area contributed by atoms with E-state index in [4.69, 9.17) is 17.3 Å². The highest BCUT2D eigenvalue weighted by Crippen LogP contribution is 2.26. The lowest BCUT2D eigenvalue weighted by Gasteiger charge is -2.22. The lowest BCUT2D eigenvalue weighted by Crippen LogP contribution is -2.32. The fourth-order valence-electron chi connectivity index (χ4n) is 2.02. The van der Waals surface area contributed by atoms with Crippen LogP contribution in [0.1, 0.15) is 31.4 Å². The van der Waals surface area contributed by atoms with Crippen molar-refractivity contribution in [3.63, 3.8) is 0 Å². The van der Waals surface area contributed by atoms with Gasteiger partial charge in [0.2, 0.25) is 10.0 Å². The van der Waals surface area contributed by atoms with Crippen molar-refractivity contribution in [2.75, 3.05) is 13.1 Å². The van der Waals surface area contributed by atoms with Crippen LogP contribution in [0.15, 0.2) is 17.0 Å². The zero-order chi connectivity index (χ0) is 14.6. The third-order valence-electron chi connectivity index (χ3n) is 3.10. The van der Waals surface area contributed by atoms with E-state index in [-0.39, 0.29) is 11.4 Å². The molecule has 0 aliphatic rings. The lowest BCUT2D eigenvalue weighted by molar-refractivity contribution is 0.426. The maximum absolute atomic E-state index is 12.6. The van der Waals surface area contributed by atoms with E-state index in [1.807, 2.05) is 13.8 Å². The number of nitrogens with two attached hydrogens (primary N) is 1. The Morgan fingerprint density at radius 2 is 1.95 bits per heavy atom. The van der Waals surface area contributed by atoms with Crippen molar-refractivity contribution in [1.29, 1.82) is 0 Å². The smallest absolute Gasteiger partial charge is 0.243 e. The first-order valence-corrected chi connectivity index (χ1v) is 8.19. The van der Waals surface area contributed by atoms with E-state index in [0.29, 0.717) is 23.7 Å². The molecule has 108 valence electrons. The molecule has 0 unspecified atom stereocenters. The van der Waals surface area contributed by atoms with Crippen LogP contribution in [0.3, 0.4) is 0 Å². The monoisotopic (exact) mass is 304 g/mol. The molecular formula is C13H21ClN2O2S. The summed E-state index contributed by atoms with van der Waals surface area (Å²) in [5.74, 6) is 0. The quantitative estimate of drug-likeness (QED) is 0.878. The number of hydrogen-bond donors (Lipinski definition) is 1. The zero-order valence-electron chi connectivity index (χ0n) is 11.6. The van der Waals surface area contributed by atoms with E-state index in [9.17, 15) is 8.42 Å². The van der Waals surface area contributed by atoms with Crippen molar-refractivity contribution in [2.45, 2.75) is 38.6 Å². The normalized spacial score (nSPS) is 12.1. The number of hydrogen-bond acceptors (Lipinski definition) is 3. The van der Waals surface area contributed by atoms with Crippen LogP contribution >= 0.6 is 11.6 Å². The Labute approximate surface area is 120 Å². The second kappa shape index (κ2) is 6.70. The van der Waals surface area contributed by atoms with E-state index in [1.54, 1.807) is 13.0 Å². The van der Waals surface area contributed by atoms with Crippen LogP contribution in [0.25, 0.3) is 0 Å². The summed E-state index contributed by atoms with van der Waals surface area (Å²) in [4.78, 5) is 0.260. The molecule has 1 aromatic carbocycles. The highest BCUT2D eigenvalue weighted by Gasteiger charge is 2.25. The molecule has 0 aromatic heterocycles. The second-order valence-electron chi connectivity index (χ2n) is 4.39. The van der Waals surface area contributed by atoms with Crippen molar-refractivity contribution in [3.8, 4) is 0 Å². The maximum Gasteiger partial charge on any atom is 0.243 e. The summed E-state index contributed by atoms with van der Waals surface area (Å²) in [6, 6.07) is 3.22. The molecule has 0 aliphatic carbocycles. The molecule has 0 aliphatic heterocycles. The molecule has 0 atom stereocenters. The van der Waals surface area contributed by atoms with Crippen molar-refractivity contribution < 1.29 is 8.42 Å². The predicted molar refractivity (Wildman–Crippen MR) is 78.8 cm³/mol. The molecule has 0 saturated heterocycles. The van der Waals surface area contributed by atoms with Crippen LogP contribution in [0.5, 0.6) is 0 Å². The van der Waals surface area contributed by atoms with Gasteiger partial charge in [-0.3, -0.25) is 0 Å². The third kappa shape index (κ3) is 3.48. The summed E-state index contributed by atoms with van der Waals surface area (Å²) < 4.78 is 26.7. The predicted octanol–water partition coefficient (Wildman–Crippen LogP) is 2.53. The average molecular weight is 305 g/mol. The standard InChI is InChI=1S/C13H21ClN2O2S/c1-4-6-16(5-2)19(17,18)13-8-12(14)7-11(9-15)10(13)3/h7-8H,4-6,9,15H2,1-3H3. The van der Waals surface area contributed by atoms with Gasteiger partial charge in [0.15, 0.2) is 0 Å². The molecular weight excluding hydrogens is 284 g/mol. The van der Waals surface area contributed by atoms with Crippen LogP contribution in [0.2, 0.25) is 5.02 Å². The van der Waals surface area contributed by atoms with Gasteiger partial charge < -0.3 is 5.73 Å². The van der Waals surface area contributed by atoms with Gasteiger partial charge in [0.1, 0.15) is 0 Å². The average Bonchev–Trinajstić information content (AvgIpc) is 2.37. The summed E-state index contributed by atoms with van der Waals surface area (Å²) >= 11 is 5.99. The Morgan fingerprint density at radius 1 is 1.32 bits per heavy atom. The molecule has 0 spiro atoms. The molecule has 2 N–H and O–H groups in total. The Balaban J connectivity index is 3.39. The van der Waals surface area contributed by atoms with Crippen LogP contribution < -0.4 is 5.73 Å². The molecule has 19 heavy (non-hydrogen) atoms. The van der Waals surface area contributed by atoms with E-state index in [0.717, 1.165) is 12.0 Å². The van der Waals surface area contributed by atoms with E-state index >= 15 is 0 Å². The van der Waals surface area contributed by atoms with Crippen LogP contribution in [0.4, 0.5) is 0 Å². The Kier molecular flexibility index (Phi) is 5.80. The van der Waals surface area contributed by atoms with E-state index in [1.165, 1.54) is 10.4 Å². The minimum atomic E-state index is -3.51. The molecule has 1 rings (SSSR count). The fraction of sp³-hybridized carbons (Fsp3) is 0.538. The number of nitrogens with zero attached hydrogens (tertiary/aromatic N) is 1. The van der Waals surface area contributed by atoms with Gasteiger partial charge in [-0.25, -0.2) is 8.42 Å².